The highest BCUT2D eigenvalue weighted by Crippen LogP contribution is 2.13. The van der Waals surface area contributed by atoms with Crippen molar-refractivity contribution in [3.8, 4) is 0 Å². The number of rotatable bonds is 5. The van der Waals surface area contributed by atoms with E-state index in [-0.39, 0.29) is 18.0 Å². The van der Waals surface area contributed by atoms with Crippen molar-refractivity contribution in [3.05, 3.63) is 12.3 Å². The van der Waals surface area contributed by atoms with Crippen molar-refractivity contribution in [1.82, 2.24) is 9.78 Å². The molecule has 3 N–H and O–H groups in total. The molecule has 0 saturated carbocycles. The number of aromatic nitrogens is 2. The third kappa shape index (κ3) is 3.66. The lowest BCUT2D eigenvalue weighted by Crippen LogP contribution is -2.21. The quantitative estimate of drug-likeness (QED) is 0.796. The molecule has 1 rings (SSSR count). The van der Waals surface area contributed by atoms with E-state index < -0.39 is 0 Å². The van der Waals surface area contributed by atoms with Crippen LogP contribution >= 0.6 is 0 Å². The summed E-state index contributed by atoms with van der Waals surface area (Å²) in [6.45, 7) is 5.93. The summed E-state index contributed by atoms with van der Waals surface area (Å²) in [6, 6.07) is 2.09. The van der Waals surface area contributed by atoms with E-state index in [0.29, 0.717) is 12.8 Å². The minimum atomic E-state index is -0.0142. The van der Waals surface area contributed by atoms with Gasteiger partial charge in [0.15, 0.2) is 0 Å². The second-order valence-electron chi connectivity index (χ2n) is 4.32. The summed E-state index contributed by atoms with van der Waals surface area (Å²) >= 11 is 0. The first kappa shape index (κ1) is 12.7. The van der Waals surface area contributed by atoms with Crippen LogP contribution in [0.3, 0.4) is 0 Å². The predicted molar refractivity (Wildman–Crippen MR) is 64.1 cm³/mol. The number of hydrogen-bond acceptors (Lipinski definition) is 3. The third-order valence-corrected chi connectivity index (χ3v) is 2.25. The van der Waals surface area contributed by atoms with Crippen LogP contribution in [-0.2, 0) is 4.79 Å². The van der Waals surface area contributed by atoms with Gasteiger partial charge in [0.25, 0.3) is 0 Å². The summed E-state index contributed by atoms with van der Waals surface area (Å²) in [5.41, 5.74) is 5.59. The fourth-order valence-corrected chi connectivity index (χ4v) is 1.39. The lowest BCUT2D eigenvalue weighted by Gasteiger charge is -2.12. The zero-order valence-corrected chi connectivity index (χ0v) is 10.1. The molecule has 0 aliphatic carbocycles. The van der Waals surface area contributed by atoms with Crippen molar-refractivity contribution < 1.29 is 4.79 Å². The molecule has 0 bridgehead atoms. The number of nitrogens with two attached hydrogens (primary N) is 1. The van der Waals surface area contributed by atoms with Crippen molar-refractivity contribution in [3.63, 3.8) is 0 Å². The minimum Gasteiger partial charge on any atom is -0.328 e. The molecule has 0 aliphatic heterocycles. The van der Waals surface area contributed by atoms with Gasteiger partial charge >= 0.3 is 0 Å². The van der Waals surface area contributed by atoms with Gasteiger partial charge in [-0.1, -0.05) is 0 Å². The Bertz CT molecular complexity index is 344. The summed E-state index contributed by atoms with van der Waals surface area (Å²) in [5.74, 6) is 0.726. The number of hydrogen-bond donors (Lipinski definition) is 2. The number of anilines is 1. The van der Waals surface area contributed by atoms with Gasteiger partial charge in [0.05, 0.1) is 6.20 Å². The van der Waals surface area contributed by atoms with Crippen LogP contribution in [-0.4, -0.2) is 21.7 Å². The molecular weight excluding hydrogens is 204 g/mol. The Kier molecular flexibility index (Phi) is 4.49. The number of amides is 1. The topological polar surface area (TPSA) is 72.9 Å². The van der Waals surface area contributed by atoms with Gasteiger partial charge in [-0.2, -0.15) is 5.10 Å². The molecule has 5 heteroatoms. The van der Waals surface area contributed by atoms with E-state index in [1.54, 1.807) is 16.9 Å². The summed E-state index contributed by atoms with van der Waals surface area (Å²) in [4.78, 5) is 11.6. The van der Waals surface area contributed by atoms with Crippen molar-refractivity contribution in [2.24, 2.45) is 5.73 Å². The molecule has 1 heterocycles. The average Bonchev–Trinajstić information content (AvgIpc) is 2.62. The van der Waals surface area contributed by atoms with Gasteiger partial charge in [-0.25, -0.2) is 4.68 Å². The second-order valence-corrected chi connectivity index (χ2v) is 4.32. The highest BCUT2D eigenvalue weighted by Gasteiger charge is 2.09. The first-order valence-corrected chi connectivity index (χ1v) is 5.59. The number of carbonyl (C=O) groups excluding carboxylic acids is 1. The highest BCUT2D eigenvalue weighted by atomic mass is 16.1. The summed E-state index contributed by atoms with van der Waals surface area (Å²) in [6.07, 6.45) is 2.82. The summed E-state index contributed by atoms with van der Waals surface area (Å²) in [5, 5.41) is 6.97. The highest BCUT2D eigenvalue weighted by molar-refractivity contribution is 5.89. The Morgan fingerprint density at radius 1 is 1.56 bits per heavy atom. The molecule has 1 atom stereocenters. The maximum absolute atomic E-state index is 11.6. The smallest absolute Gasteiger partial charge is 0.225 e. The molecule has 0 aromatic carbocycles. The molecule has 0 fully saturated rings. The molecule has 1 aromatic rings. The first-order valence-electron chi connectivity index (χ1n) is 5.59. The van der Waals surface area contributed by atoms with Gasteiger partial charge in [0.1, 0.15) is 5.82 Å². The Hall–Kier alpha value is -1.36. The van der Waals surface area contributed by atoms with Crippen molar-refractivity contribution in [1.29, 1.82) is 0 Å². The fraction of sp³-hybridized carbons (Fsp3) is 0.636. The monoisotopic (exact) mass is 224 g/mol. The van der Waals surface area contributed by atoms with Gasteiger partial charge in [-0.05, 0) is 27.2 Å². The van der Waals surface area contributed by atoms with Crippen LogP contribution in [0, 0.1) is 0 Å². The molecule has 16 heavy (non-hydrogen) atoms. The third-order valence-electron chi connectivity index (χ3n) is 2.25. The minimum absolute atomic E-state index is 0.0142. The van der Waals surface area contributed by atoms with E-state index in [4.69, 9.17) is 5.73 Å². The average molecular weight is 224 g/mol. The van der Waals surface area contributed by atoms with Gasteiger partial charge in [-0.3, -0.25) is 4.79 Å². The van der Waals surface area contributed by atoms with Crippen molar-refractivity contribution in [2.45, 2.75) is 45.7 Å². The second kappa shape index (κ2) is 5.65. The Morgan fingerprint density at radius 3 is 2.81 bits per heavy atom. The van der Waals surface area contributed by atoms with Gasteiger partial charge < -0.3 is 11.1 Å². The van der Waals surface area contributed by atoms with E-state index in [9.17, 15) is 4.79 Å². The first-order chi connectivity index (χ1) is 7.50. The Balaban J connectivity index is 2.53. The van der Waals surface area contributed by atoms with Crippen LogP contribution in [0.25, 0.3) is 0 Å². The number of carbonyl (C=O) groups is 1. The van der Waals surface area contributed by atoms with Crippen molar-refractivity contribution >= 4 is 11.7 Å². The molecule has 1 unspecified atom stereocenters. The van der Waals surface area contributed by atoms with E-state index in [0.717, 1.165) is 5.82 Å². The van der Waals surface area contributed by atoms with Crippen LogP contribution in [0.1, 0.15) is 39.7 Å². The van der Waals surface area contributed by atoms with Gasteiger partial charge in [-0.15, -0.1) is 0 Å². The fourth-order valence-electron chi connectivity index (χ4n) is 1.39. The zero-order chi connectivity index (χ0) is 12.1. The summed E-state index contributed by atoms with van der Waals surface area (Å²) < 4.78 is 1.78. The van der Waals surface area contributed by atoms with E-state index in [1.165, 1.54) is 0 Å². The van der Waals surface area contributed by atoms with Crippen LogP contribution in [0.5, 0.6) is 0 Å². The SMILES string of the molecule is CC(N)CCC(=O)Nc1ccnn1C(C)C. The zero-order valence-electron chi connectivity index (χ0n) is 10.1. The van der Waals surface area contributed by atoms with E-state index >= 15 is 0 Å². The number of nitrogens with zero attached hydrogens (tertiary/aromatic N) is 2. The molecule has 0 saturated heterocycles. The molecule has 0 spiro atoms. The lowest BCUT2D eigenvalue weighted by molar-refractivity contribution is -0.116. The van der Waals surface area contributed by atoms with Crippen LogP contribution in [0.4, 0.5) is 5.82 Å². The van der Waals surface area contributed by atoms with Crippen LogP contribution in [0.2, 0.25) is 0 Å². The lowest BCUT2D eigenvalue weighted by atomic mass is 10.2. The maximum Gasteiger partial charge on any atom is 0.225 e. The molecule has 5 nitrogen and oxygen atoms in total. The standard InChI is InChI=1S/C11H20N4O/c1-8(2)15-10(6-7-13-15)14-11(16)5-4-9(3)12/h6-9H,4-5,12H2,1-3H3,(H,14,16). The predicted octanol–water partition coefficient (Wildman–Crippen LogP) is 1.53. The maximum atomic E-state index is 11.6. The number of nitrogens with one attached hydrogen (secondary N) is 1. The Labute approximate surface area is 96.0 Å². The van der Waals surface area contributed by atoms with Gasteiger partial charge in [0.2, 0.25) is 5.91 Å². The normalized spacial score (nSPS) is 12.8. The van der Waals surface area contributed by atoms with Crippen LogP contribution < -0.4 is 11.1 Å². The molecular formula is C11H20N4O. The largest absolute Gasteiger partial charge is 0.328 e. The Morgan fingerprint density at radius 2 is 2.25 bits per heavy atom. The molecule has 0 radical (unpaired) electrons. The van der Waals surface area contributed by atoms with E-state index in [1.807, 2.05) is 20.8 Å². The summed E-state index contributed by atoms with van der Waals surface area (Å²) in [7, 11) is 0. The van der Waals surface area contributed by atoms with Crippen molar-refractivity contribution in [2.75, 3.05) is 5.32 Å². The van der Waals surface area contributed by atoms with E-state index in [2.05, 4.69) is 10.4 Å². The molecule has 1 aromatic heterocycles. The van der Waals surface area contributed by atoms with Crippen LogP contribution in [0.15, 0.2) is 12.3 Å². The molecule has 90 valence electrons. The molecule has 1 amide bonds. The van der Waals surface area contributed by atoms with Gasteiger partial charge in [0, 0.05) is 24.6 Å². The molecule has 0 aliphatic rings.